The number of hydrogen-bond acceptors (Lipinski definition) is 2. The third kappa shape index (κ3) is 3.23. The molecule has 3 unspecified atom stereocenters. The summed E-state index contributed by atoms with van der Waals surface area (Å²) in [5, 5.41) is 10.3. The highest BCUT2D eigenvalue weighted by Crippen LogP contribution is 2.45. The lowest BCUT2D eigenvalue weighted by Gasteiger charge is -2.43. The Labute approximate surface area is 123 Å². The van der Waals surface area contributed by atoms with Crippen LogP contribution in [0.4, 0.5) is 13.2 Å². The van der Waals surface area contributed by atoms with Crippen molar-refractivity contribution in [2.75, 3.05) is 0 Å². The summed E-state index contributed by atoms with van der Waals surface area (Å²) in [6.45, 7) is 5.63. The lowest BCUT2D eigenvalue weighted by atomic mass is 9.64. The molecule has 0 aliphatic heterocycles. The molecule has 5 heteroatoms. The summed E-state index contributed by atoms with van der Waals surface area (Å²) in [5.74, 6) is 0.238. The SMILES string of the molecule is CC1CCC(C(C)(C)c2cnccc2C(F)(F)F)C(O)C1. The number of pyridine rings is 1. The molecule has 1 saturated carbocycles. The monoisotopic (exact) mass is 301 g/mol. The Hall–Kier alpha value is -1.10. The van der Waals surface area contributed by atoms with E-state index in [-0.39, 0.29) is 11.5 Å². The Morgan fingerprint density at radius 3 is 2.43 bits per heavy atom. The maximum Gasteiger partial charge on any atom is 0.416 e. The molecule has 2 nitrogen and oxygen atoms in total. The number of hydrogen-bond donors (Lipinski definition) is 1. The maximum absolute atomic E-state index is 13.2. The van der Waals surface area contributed by atoms with E-state index >= 15 is 0 Å². The second kappa shape index (κ2) is 5.59. The number of halogens is 3. The van der Waals surface area contributed by atoms with Crippen molar-refractivity contribution in [1.82, 2.24) is 4.98 Å². The van der Waals surface area contributed by atoms with Gasteiger partial charge in [-0.2, -0.15) is 13.2 Å². The normalized spacial score (nSPS) is 27.7. The van der Waals surface area contributed by atoms with Crippen molar-refractivity contribution in [3.05, 3.63) is 29.6 Å². The molecule has 1 aliphatic rings. The maximum atomic E-state index is 13.2. The molecule has 1 aromatic heterocycles. The zero-order chi connectivity index (χ0) is 15.8. The topological polar surface area (TPSA) is 33.1 Å². The number of rotatable bonds is 2. The van der Waals surface area contributed by atoms with E-state index in [1.165, 1.54) is 12.4 Å². The van der Waals surface area contributed by atoms with Crippen LogP contribution >= 0.6 is 0 Å². The van der Waals surface area contributed by atoms with Gasteiger partial charge in [0.1, 0.15) is 0 Å². The van der Waals surface area contributed by atoms with E-state index in [2.05, 4.69) is 11.9 Å². The zero-order valence-electron chi connectivity index (χ0n) is 12.6. The third-order valence-corrected chi connectivity index (χ3v) is 4.83. The fraction of sp³-hybridized carbons (Fsp3) is 0.688. The number of alkyl halides is 3. The van der Waals surface area contributed by atoms with Gasteiger partial charge in [0.15, 0.2) is 0 Å². The molecule has 1 heterocycles. The molecule has 0 radical (unpaired) electrons. The van der Waals surface area contributed by atoms with Gasteiger partial charge in [-0.1, -0.05) is 27.2 Å². The Kier molecular flexibility index (Phi) is 4.34. The lowest BCUT2D eigenvalue weighted by Crippen LogP contribution is -2.42. The molecule has 0 saturated heterocycles. The molecule has 1 fully saturated rings. The van der Waals surface area contributed by atoms with Gasteiger partial charge in [-0.25, -0.2) is 0 Å². The molecule has 0 bridgehead atoms. The Bertz CT molecular complexity index is 499. The van der Waals surface area contributed by atoms with Crippen molar-refractivity contribution in [2.24, 2.45) is 11.8 Å². The van der Waals surface area contributed by atoms with Crippen molar-refractivity contribution >= 4 is 0 Å². The first-order valence-electron chi connectivity index (χ1n) is 7.33. The van der Waals surface area contributed by atoms with Gasteiger partial charge in [0.25, 0.3) is 0 Å². The second-order valence-electron chi connectivity index (χ2n) is 6.73. The molecule has 3 atom stereocenters. The van der Waals surface area contributed by atoms with Crippen molar-refractivity contribution < 1.29 is 18.3 Å². The van der Waals surface area contributed by atoms with E-state index in [1.54, 1.807) is 13.8 Å². The van der Waals surface area contributed by atoms with Crippen LogP contribution in [0.5, 0.6) is 0 Å². The number of aliphatic hydroxyl groups is 1. The summed E-state index contributed by atoms with van der Waals surface area (Å²) in [6.07, 6.45) is -0.174. The first-order valence-corrected chi connectivity index (χ1v) is 7.33. The Balaban J connectivity index is 2.40. The minimum absolute atomic E-state index is 0.177. The highest BCUT2D eigenvalue weighted by molar-refractivity contribution is 5.33. The molecular weight excluding hydrogens is 279 g/mol. The average molecular weight is 301 g/mol. The van der Waals surface area contributed by atoms with Crippen LogP contribution < -0.4 is 0 Å². The predicted molar refractivity (Wildman–Crippen MR) is 74.8 cm³/mol. The van der Waals surface area contributed by atoms with E-state index in [0.717, 1.165) is 18.9 Å². The van der Waals surface area contributed by atoms with E-state index in [9.17, 15) is 18.3 Å². The van der Waals surface area contributed by atoms with E-state index in [4.69, 9.17) is 0 Å². The molecule has 118 valence electrons. The zero-order valence-corrected chi connectivity index (χ0v) is 12.6. The first-order chi connectivity index (χ1) is 9.64. The van der Waals surface area contributed by atoms with Gasteiger partial charge in [-0.15, -0.1) is 0 Å². The van der Waals surface area contributed by atoms with Crippen LogP contribution in [0.15, 0.2) is 18.5 Å². The third-order valence-electron chi connectivity index (χ3n) is 4.83. The standard InChI is InChI=1S/C16H22F3NO/c1-10-4-5-12(14(21)8-10)15(2,3)13-9-20-7-6-11(13)16(17,18)19/h6-7,9-10,12,14,21H,4-5,8H2,1-3H3. The molecule has 0 amide bonds. The van der Waals surface area contributed by atoms with Crippen molar-refractivity contribution in [2.45, 2.75) is 57.7 Å². The van der Waals surface area contributed by atoms with Crippen LogP contribution in [-0.2, 0) is 11.6 Å². The highest BCUT2D eigenvalue weighted by atomic mass is 19.4. The van der Waals surface area contributed by atoms with Gasteiger partial charge in [-0.3, -0.25) is 4.98 Å². The van der Waals surface area contributed by atoms with Crippen LogP contribution in [0.1, 0.15) is 51.2 Å². The molecule has 21 heavy (non-hydrogen) atoms. The van der Waals surface area contributed by atoms with Crippen LogP contribution in [0.3, 0.4) is 0 Å². The number of aliphatic hydroxyl groups excluding tert-OH is 1. The van der Waals surface area contributed by atoms with Gasteiger partial charge in [0, 0.05) is 12.4 Å². The minimum Gasteiger partial charge on any atom is -0.393 e. The van der Waals surface area contributed by atoms with Crippen molar-refractivity contribution in [3.8, 4) is 0 Å². The Morgan fingerprint density at radius 1 is 1.19 bits per heavy atom. The molecular formula is C16H22F3NO. The fourth-order valence-electron chi connectivity index (χ4n) is 3.55. The molecule has 0 spiro atoms. The summed E-state index contributed by atoms with van der Waals surface area (Å²) in [4.78, 5) is 3.88. The van der Waals surface area contributed by atoms with Crippen LogP contribution in [0, 0.1) is 11.8 Å². The first kappa shape index (κ1) is 16.3. The molecule has 1 N–H and O–H groups in total. The fourth-order valence-corrected chi connectivity index (χ4v) is 3.55. The molecule has 1 aliphatic carbocycles. The van der Waals surface area contributed by atoms with Crippen LogP contribution in [0.25, 0.3) is 0 Å². The number of nitrogens with zero attached hydrogens (tertiary/aromatic N) is 1. The molecule has 1 aromatic rings. The average Bonchev–Trinajstić information content (AvgIpc) is 2.37. The van der Waals surface area contributed by atoms with E-state index in [0.29, 0.717) is 12.3 Å². The predicted octanol–water partition coefficient (Wildman–Crippen LogP) is 4.18. The van der Waals surface area contributed by atoms with Gasteiger partial charge in [-0.05, 0) is 41.7 Å². The largest absolute Gasteiger partial charge is 0.416 e. The summed E-state index contributed by atoms with van der Waals surface area (Å²) < 4.78 is 39.6. The van der Waals surface area contributed by atoms with Crippen LogP contribution in [-0.4, -0.2) is 16.2 Å². The number of aromatic nitrogens is 1. The quantitative estimate of drug-likeness (QED) is 0.889. The van der Waals surface area contributed by atoms with E-state index < -0.39 is 23.3 Å². The summed E-state index contributed by atoms with van der Waals surface area (Å²) in [7, 11) is 0. The molecule has 2 rings (SSSR count). The summed E-state index contributed by atoms with van der Waals surface area (Å²) in [5.41, 5.74) is -1.23. The van der Waals surface area contributed by atoms with E-state index in [1.807, 2.05) is 0 Å². The summed E-state index contributed by atoms with van der Waals surface area (Å²) >= 11 is 0. The van der Waals surface area contributed by atoms with Crippen molar-refractivity contribution in [1.29, 1.82) is 0 Å². The minimum atomic E-state index is -4.40. The van der Waals surface area contributed by atoms with Gasteiger partial charge >= 0.3 is 6.18 Å². The smallest absolute Gasteiger partial charge is 0.393 e. The van der Waals surface area contributed by atoms with Gasteiger partial charge in [0.2, 0.25) is 0 Å². The van der Waals surface area contributed by atoms with Gasteiger partial charge < -0.3 is 5.11 Å². The second-order valence-corrected chi connectivity index (χ2v) is 6.73. The lowest BCUT2D eigenvalue weighted by molar-refractivity contribution is -0.139. The summed E-state index contributed by atoms with van der Waals surface area (Å²) in [6, 6.07) is 1.02. The van der Waals surface area contributed by atoms with Crippen LogP contribution in [0.2, 0.25) is 0 Å². The van der Waals surface area contributed by atoms with Gasteiger partial charge in [0.05, 0.1) is 11.7 Å². The highest BCUT2D eigenvalue weighted by Gasteiger charge is 2.44. The molecule has 0 aromatic carbocycles. The van der Waals surface area contributed by atoms with Crippen molar-refractivity contribution in [3.63, 3.8) is 0 Å². The Morgan fingerprint density at radius 2 is 1.86 bits per heavy atom.